The van der Waals surface area contributed by atoms with Gasteiger partial charge in [-0.3, -0.25) is 4.79 Å². The molecule has 0 amide bonds. The van der Waals surface area contributed by atoms with Gasteiger partial charge in [-0.1, -0.05) is 0 Å². The summed E-state index contributed by atoms with van der Waals surface area (Å²) >= 11 is 0. The van der Waals surface area contributed by atoms with Crippen molar-refractivity contribution >= 4 is 11.0 Å². The smallest absolute Gasteiger partial charge is 0.261 e. The Bertz CT molecular complexity index is 1800. The van der Waals surface area contributed by atoms with E-state index in [0.717, 1.165) is 5.69 Å². The van der Waals surface area contributed by atoms with Crippen LogP contribution in [0.5, 0.6) is 11.5 Å². The van der Waals surface area contributed by atoms with Crippen LogP contribution in [0.1, 0.15) is 42.1 Å². The number of fused-ring (bicyclic) bond motifs is 1. The number of H-pyrrole nitrogens is 1. The van der Waals surface area contributed by atoms with Gasteiger partial charge in [0.15, 0.2) is 5.76 Å². The van der Waals surface area contributed by atoms with Crippen LogP contribution in [-0.2, 0) is 12.6 Å². The molecule has 2 N–H and O–H groups in total. The van der Waals surface area contributed by atoms with Crippen molar-refractivity contribution in [3.05, 3.63) is 86.7 Å². The van der Waals surface area contributed by atoms with Crippen molar-refractivity contribution in [2.45, 2.75) is 47.1 Å². The predicted octanol–water partition coefficient (Wildman–Crippen LogP) is 6.72. The van der Waals surface area contributed by atoms with Gasteiger partial charge in [-0.05, 0) is 76.9 Å². The van der Waals surface area contributed by atoms with E-state index in [9.17, 15) is 14.3 Å². The summed E-state index contributed by atoms with van der Waals surface area (Å²) in [7, 11) is 1.61. The van der Waals surface area contributed by atoms with E-state index in [-0.39, 0.29) is 22.5 Å². The maximum Gasteiger partial charge on any atom is 0.261 e. The lowest BCUT2D eigenvalue weighted by molar-refractivity contribution is 0.0745. The number of pyridine rings is 1. The number of furan rings is 1. The summed E-state index contributed by atoms with van der Waals surface area (Å²) < 4.78 is 43.2. The predicted molar refractivity (Wildman–Crippen MR) is 145 cm³/mol. The van der Waals surface area contributed by atoms with Crippen LogP contribution in [0.3, 0.4) is 0 Å². The van der Waals surface area contributed by atoms with E-state index in [1.807, 2.05) is 13.8 Å². The zero-order chi connectivity index (χ0) is 28.4. The highest BCUT2D eigenvalue weighted by Gasteiger charge is 2.27. The number of benzene rings is 2. The number of ether oxygens (including phenoxy) is 1. The fourth-order valence-electron chi connectivity index (χ4n) is 4.90. The highest BCUT2D eigenvalue weighted by Crippen LogP contribution is 2.43. The number of aromatic nitrogens is 3. The van der Waals surface area contributed by atoms with Gasteiger partial charge in [0.05, 0.1) is 11.0 Å². The number of hydrogen-bond acceptors (Lipinski definition) is 5. The molecule has 0 atom stereocenters. The number of rotatable bonds is 5. The third-order valence-electron chi connectivity index (χ3n) is 6.74. The Morgan fingerprint density at radius 3 is 2.28 bits per heavy atom. The van der Waals surface area contributed by atoms with Crippen LogP contribution in [0.25, 0.3) is 33.6 Å². The van der Waals surface area contributed by atoms with Crippen molar-refractivity contribution in [1.29, 1.82) is 0 Å². The lowest BCUT2D eigenvalue weighted by Crippen LogP contribution is -2.18. The molecule has 0 bridgehead atoms. The quantitative estimate of drug-likeness (QED) is 0.262. The first-order chi connectivity index (χ1) is 18.2. The third kappa shape index (κ3) is 4.63. The maximum atomic E-state index is 15.3. The summed E-state index contributed by atoms with van der Waals surface area (Å²) in [4.78, 5) is 20.8. The summed E-state index contributed by atoms with van der Waals surface area (Å²) in [6, 6.07) is 6.98. The minimum absolute atomic E-state index is 0.0324. The molecule has 0 spiro atoms. The Balaban J connectivity index is 1.82. The summed E-state index contributed by atoms with van der Waals surface area (Å²) in [5, 5.41) is 11.0. The molecule has 9 heteroatoms. The fraction of sp³-hybridized carbons (Fsp3) is 0.267. The van der Waals surface area contributed by atoms with Gasteiger partial charge >= 0.3 is 0 Å². The first-order valence-corrected chi connectivity index (χ1v) is 12.4. The Labute approximate surface area is 223 Å². The molecule has 3 aromatic heterocycles. The van der Waals surface area contributed by atoms with Crippen LogP contribution in [0, 0.1) is 39.3 Å². The van der Waals surface area contributed by atoms with Crippen molar-refractivity contribution < 1.29 is 23.0 Å². The molecule has 0 saturated heterocycles. The number of hydrogen-bond donors (Lipinski definition) is 2. The van der Waals surface area contributed by atoms with Crippen LogP contribution >= 0.6 is 0 Å². The van der Waals surface area contributed by atoms with Gasteiger partial charge in [0.2, 0.25) is 0 Å². The van der Waals surface area contributed by atoms with E-state index in [1.165, 1.54) is 42.7 Å². The molecule has 0 aliphatic heterocycles. The van der Waals surface area contributed by atoms with Gasteiger partial charge in [-0.15, -0.1) is 0 Å². The molecule has 39 heavy (non-hydrogen) atoms. The van der Waals surface area contributed by atoms with Crippen LogP contribution < -0.4 is 10.3 Å². The largest absolute Gasteiger partial charge is 0.456 e. The molecule has 7 nitrogen and oxygen atoms in total. The highest BCUT2D eigenvalue weighted by atomic mass is 19.1. The second kappa shape index (κ2) is 9.20. The Morgan fingerprint density at radius 1 is 1.03 bits per heavy atom. The molecule has 202 valence electrons. The lowest BCUT2D eigenvalue weighted by atomic mass is 9.93. The van der Waals surface area contributed by atoms with E-state index in [0.29, 0.717) is 50.7 Å². The second-order valence-electron chi connectivity index (χ2n) is 10.5. The lowest BCUT2D eigenvalue weighted by Gasteiger charge is -2.22. The van der Waals surface area contributed by atoms with Crippen molar-refractivity contribution in [3.8, 4) is 34.1 Å². The van der Waals surface area contributed by atoms with Gasteiger partial charge in [0.1, 0.15) is 40.2 Å². The average Bonchev–Trinajstić information content (AvgIpc) is 3.41. The first-order valence-electron chi connectivity index (χ1n) is 12.4. The number of halogens is 2. The number of aryl methyl sites for hydroxylation is 5. The van der Waals surface area contributed by atoms with Gasteiger partial charge in [0.25, 0.3) is 5.56 Å². The van der Waals surface area contributed by atoms with E-state index in [4.69, 9.17) is 9.15 Å². The minimum atomic E-state index is -1.52. The van der Waals surface area contributed by atoms with Crippen molar-refractivity contribution in [2.24, 2.45) is 7.05 Å². The Kier molecular flexibility index (Phi) is 6.22. The van der Waals surface area contributed by atoms with E-state index >= 15 is 4.39 Å². The monoisotopic (exact) mass is 533 g/mol. The van der Waals surface area contributed by atoms with Crippen molar-refractivity contribution in [2.75, 3.05) is 0 Å². The molecule has 2 aromatic carbocycles. The molecule has 0 aliphatic rings. The summed E-state index contributed by atoms with van der Waals surface area (Å²) in [5.41, 5.74) is 1.73. The molecular formula is C30H29F2N3O4. The molecule has 0 unspecified atom stereocenters. The molecule has 0 fully saturated rings. The van der Waals surface area contributed by atoms with E-state index in [1.54, 1.807) is 33.2 Å². The number of imidazole rings is 1. The molecule has 0 radical (unpaired) electrons. The number of nitrogens with one attached hydrogen (secondary N) is 1. The van der Waals surface area contributed by atoms with Crippen molar-refractivity contribution in [1.82, 2.24) is 14.5 Å². The van der Waals surface area contributed by atoms with Gasteiger partial charge in [-0.25, -0.2) is 13.8 Å². The molecule has 0 saturated carbocycles. The van der Waals surface area contributed by atoms with Gasteiger partial charge in [0, 0.05) is 41.7 Å². The average molecular weight is 534 g/mol. The molecule has 5 aromatic rings. The maximum absolute atomic E-state index is 15.3. The van der Waals surface area contributed by atoms with Crippen LogP contribution in [0.2, 0.25) is 0 Å². The Morgan fingerprint density at radius 2 is 1.69 bits per heavy atom. The molecule has 3 heterocycles. The van der Waals surface area contributed by atoms with Gasteiger partial charge < -0.3 is 23.8 Å². The number of aromatic amines is 1. The van der Waals surface area contributed by atoms with Gasteiger partial charge in [-0.2, -0.15) is 0 Å². The van der Waals surface area contributed by atoms with Crippen LogP contribution in [0.15, 0.2) is 45.7 Å². The minimum Gasteiger partial charge on any atom is -0.456 e. The normalized spacial score (nSPS) is 11.9. The molecule has 0 aliphatic carbocycles. The molecule has 5 rings (SSSR count). The number of aliphatic hydroxyl groups is 1. The summed E-state index contributed by atoms with van der Waals surface area (Å²) in [5.74, 6) is 0.495. The summed E-state index contributed by atoms with van der Waals surface area (Å²) in [6.45, 7) is 10.0. The third-order valence-corrected chi connectivity index (χ3v) is 6.74. The fourth-order valence-corrected chi connectivity index (χ4v) is 4.90. The Hall–Kier alpha value is -4.24. The second-order valence-corrected chi connectivity index (χ2v) is 10.5. The SMILES string of the molecule is Cc1nc(-c2cc3c(=O)n(C)cc(-c4cc(C(C)(C)O)c(F)cc4Oc4c(C)cc(F)cc4C)c3o2)c(C)[nH]1. The topological polar surface area (TPSA) is 93.3 Å². The van der Waals surface area contributed by atoms with Crippen LogP contribution in [-0.4, -0.2) is 19.6 Å². The van der Waals surface area contributed by atoms with E-state index in [2.05, 4.69) is 9.97 Å². The van der Waals surface area contributed by atoms with Crippen LogP contribution in [0.4, 0.5) is 8.78 Å². The standard InChI is InChI=1S/C30H29F2N3O4/c1-14-8-18(31)9-15(2)27(14)38-24-12-23(32)22(30(5,6)37)10-19(24)21-13-35(7)29(36)20-11-25(39-28(20)21)26-16(3)33-17(4)34-26/h8-13,37H,1-7H3,(H,33,34). The highest BCUT2D eigenvalue weighted by molar-refractivity contribution is 5.95. The zero-order valence-corrected chi connectivity index (χ0v) is 22.8. The van der Waals surface area contributed by atoms with Crippen molar-refractivity contribution in [3.63, 3.8) is 0 Å². The van der Waals surface area contributed by atoms with E-state index < -0.39 is 17.2 Å². The first kappa shape index (κ1) is 26.4. The number of nitrogens with zero attached hydrogens (tertiary/aromatic N) is 2. The molecular weight excluding hydrogens is 504 g/mol. The zero-order valence-electron chi connectivity index (χ0n) is 22.8. The summed E-state index contributed by atoms with van der Waals surface area (Å²) in [6.07, 6.45) is 1.58.